The van der Waals surface area contributed by atoms with Crippen LogP contribution in [0.3, 0.4) is 0 Å². The SMILES string of the molecule is CN1CCOC(Cn2cc([N+](=O)[O-])c(C(=O)O)n2)C1. The van der Waals surface area contributed by atoms with E-state index >= 15 is 0 Å². The second-order valence-corrected chi connectivity index (χ2v) is 4.40. The largest absolute Gasteiger partial charge is 0.476 e. The van der Waals surface area contributed by atoms with E-state index in [1.54, 1.807) is 0 Å². The number of carbonyl (C=O) groups is 1. The highest BCUT2D eigenvalue weighted by Gasteiger charge is 2.27. The monoisotopic (exact) mass is 270 g/mol. The second kappa shape index (κ2) is 5.33. The van der Waals surface area contributed by atoms with Crippen molar-refractivity contribution >= 4 is 11.7 Å². The van der Waals surface area contributed by atoms with E-state index in [1.165, 1.54) is 4.68 Å². The Bertz CT molecular complexity index is 469. The molecule has 0 aromatic carbocycles. The molecule has 0 aliphatic carbocycles. The van der Waals surface area contributed by atoms with Gasteiger partial charge in [0.25, 0.3) is 0 Å². The zero-order valence-electron chi connectivity index (χ0n) is 10.4. The van der Waals surface area contributed by atoms with E-state index in [1.807, 2.05) is 7.05 Å². The maximum Gasteiger partial charge on any atom is 0.363 e. The minimum atomic E-state index is -1.41. The van der Waals surface area contributed by atoms with Gasteiger partial charge in [0.05, 0.1) is 24.2 Å². The van der Waals surface area contributed by atoms with Gasteiger partial charge in [-0.1, -0.05) is 0 Å². The van der Waals surface area contributed by atoms with Crippen molar-refractivity contribution in [1.82, 2.24) is 14.7 Å². The molecule has 9 heteroatoms. The van der Waals surface area contributed by atoms with E-state index in [2.05, 4.69) is 10.00 Å². The van der Waals surface area contributed by atoms with Gasteiger partial charge in [-0.2, -0.15) is 5.10 Å². The summed E-state index contributed by atoms with van der Waals surface area (Å²) in [5.74, 6) is -1.41. The fourth-order valence-electron chi connectivity index (χ4n) is 1.98. The molecule has 1 N–H and O–H groups in total. The normalized spacial score (nSPS) is 20.4. The number of morpholine rings is 1. The molecule has 1 saturated heterocycles. The number of nitro groups is 1. The first kappa shape index (κ1) is 13.4. The van der Waals surface area contributed by atoms with E-state index in [4.69, 9.17) is 9.84 Å². The number of likely N-dealkylation sites (N-methyl/N-ethyl adjacent to an activating group) is 1. The van der Waals surface area contributed by atoms with Crippen LogP contribution >= 0.6 is 0 Å². The number of rotatable bonds is 4. The van der Waals surface area contributed by atoms with Crippen LogP contribution in [0.15, 0.2) is 6.20 Å². The summed E-state index contributed by atoms with van der Waals surface area (Å²) in [6.07, 6.45) is 0.974. The van der Waals surface area contributed by atoms with Gasteiger partial charge >= 0.3 is 11.7 Å². The van der Waals surface area contributed by atoms with Gasteiger partial charge in [-0.25, -0.2) is 4.79 Å². The number of hydrogen-bond donors (Lipinski definition) is 1. The Hall–Kier alpha value is -2.00. The van der Waals surface area contributed by atoms with Crippen LogP contribution in [-0.4, -0.2) is 63.5 Å². The summed E-state index contributed by atoms with van der Waals surface area (Å²) in [5, 5.41) is 23.3. The fraction of sp³-hybridized carbons (Fsp3) is 0.600. The molecule has 0 saturated carbocycles. The number of aromatic carboxylic acids is 1. The highest BCUT2D eigenvalue weighted by atomic mass is 16.6. The van der Waals surface area contributed by atoms with Gasteiger partial charge in [0.15, 0.2) is 0 Å². The average molecular weight is 270 g/mol. The van der Waals surface area contributed by atoms with Gasteiger partial charge in [-0.05, 0) is 7.05 Å². The Morgan fingerprint density at radius 1 is 1.74 bits per heavy atom. The number of nitrogens with zero attached hydrogens (tertiary/aromatic N) is 4. The molecule has 0 amide bonds. The Kier molecular flexibility index (Phi) is 3.76. The minimum Gasteiger partial charge on any atom is -0.476 e. The van der Waals surface area contributed by atoms with Crippen LogP contribution in [0.1, 0.15) is 10.5 Å². The first-order valence-corrected chi connectivity index (χ1v) is 5.72. The predicted molar refractivity (Wildman–Crippen MR) is 63.1 cm³/mol. The molecular formula is C10H14N4O5. The van der Waals surface area contributed by atoms with Crippen LogP contribution in [-0.2, 0) is 11.3 Å². The van der Waals surface area contributed by atoms with Gasteiger partial charge < -0.3 is 14.7 Å². The molecule has 1 aromatic heterocycles. The smallest absolute Gasteiger partial charge is 0.363 e. The summed E-state index contributed by atoms with van der Waals surface area (Å²) < 4.78 is 6.76. The third kappa shape index (κ3) is 3.06. The molecule has 0 radical (unpaired) electrons. The Balaban J connectivity index is 2.14. The number of hydrogen-bond acceptors (Lipinski definition) is 6. The Morgan fingerprint density at radius 2 is 2.47 bits per heavy atom. The maximum atomic E-state index is 10.9. The Morgan fingerprint density at radius 3 is 3.00 bits per heavy atom. The first-order valence-electron chi connectivity index (χ1n) is 5.72. The molecule has 2 rings (SSSR count). The van der Waals surface area contributed by atoms with Gasteiger partial charge in [-0.3, -0.25) is 14.8 Å². The van der Waals surface area contributed by atoms with Gasteiger partial charge in [-0.15, -0.1) is 0 Å². The first-order chi connectivity index (χ1) is 8.97. The summed E-state index contributed by atoms with van der Waals surface area (Å²) in [4.78, 5) is 22.9. The summed E-state index contributed by atoms with van der Waals surface area (Å²) in [7, 11) is 1.95. The van der Waals surface area contributed by atoms with Crippen LogP contribution in [0.25, 0.3) is 0 Å². The lowest BCUT2D eigenvalue weighted by Crippen LogP contribution is -2.42. The number of carboxylic acid groups (broad SMARTS) is 1. The van der Waals surface area contributed by atoms with Crippen LogP contribution in [0.2, 0.25) is 0 Å². The third-order valence-corrected chi connectivity index (χ3v) is 2.87. The quantitative estimate of drug-likeness (QED) is 0.596. The molecule has 9 nitrogen and oxygen atoms in total. The molecule has 1 fully saturated rings. The zero-order chi connectivity index (χ0) is 14.0. The fourth-order valence-corrected chi connectivity index (χ4v) is 1.98. The van der Waals surface area contributed by atoms with E-state index < -0.39 is 22.3 Å². The van der Waals surface area contributed by atoms with Crippen LogP contribution < -0.4 is 0 Å². The molecule has 0 spiro atoms. The highest BCUT2D eigenvalue weighted by Crippen LogP contribution is 2.17. The average Bonchev–Trinajstić information content (AvgIpc) is 2.73. The standard InChI is InChI=1S/C10H14N4O5/c1-12-2-3-19-7(4-12)5-13-6-8(14(17)18)9(11-13)10(15)16/h6-7H,2-5H2,1H3,(H,15,16). The number of carboxylic acids is 1. The number of aromatic nitrogens is 2. The summed E-state index contributed by atoms with van der Waals surface area (Å²) in [6.45, 7) is 2.38. The van der Waals surface area contributed by atoms with E-state index in [9.17, 15) is 14.9 Å². The molecule has 0 bridgehead atoms. The van der Waals surface area contributed by atoms with Gasteiger partial charge in [0.1, 0.15) is 6.20 Å². The molecule has 1 aliphatic heterocycles. The molecule has 2 heterocycles. The zero-order valence-corrected chi connectivity index (χ0v) is 10.4. The topological polar surface area (TPSA) is 111 Å². The summed E-state index contributed by atoms with van der Waals surface area (Å²) in [6, 6.07) is 0. The Labute approximate surface area is 108 Å². The molecule has 1 atom stereocenters. The number of ether oxygens (including phenoxy) is 1. The predicted octanol–water partition coefficient (Wildman–Crippen LogP) is -0.180. The van der Waals surface area contributed by atoms with Crippen molar-refractivity contribution in [3.05, 3.63) is 22.0 Å². The molecule has 1 unspecified atom stereocenters. The lowest BCUT2D eigenvalue weighted by Gasteiger charge is -2.29. The summed E-state index contributed by atoms with van der Waals surface area (Å²) in [5.41, 5.74) is -1.05. The lowest BCUT2D eigenvalue weighted by atomic mass is 10.3. The second-order valence-electron chi connectivity index (χ2n) is 4.40. The molecule has 104 valence electrons. The molecule has 19 heavy (non-hydrogen) atoms. The summed E-state index contributed by atoms with van der Waals surface area (Å²) >= 11 is 0. The van der Waals surface area contributed by atoms with E-state index in [0.717, 1.165) is 12.7 Å². The van der Waals surface area contributed by atoms with Crippen molar-refractivity contribution in [1.29, 1.82) is 0 Å². The molecule has 1 aromatic rings. The van der Waals surface area contributed by atoms with Gasteiger partial charge in [0.2, 0.25) is 5.69 Å². The van der Waals surface area contributed by atoms with Crippen molar-refractivity contribution in [3.8, 4) is 0 Å². The third-order valence-electron chi connectivity index (χ3n) is 2.87. The highest BCUT2D eigenvalue weighted by molar-refractivity contribution is 5.89. The van der Waals surface area contributed by atoms with E-state index in [0.29, 0.717) is 19.7 Å². The van der Waals surface area contributed by atoms with Crippen LogP contribution in [0.4, 0.5) is 5.69 Å². The molecular weight excluding hydrogens is 256 g/mol. The van der Waals surface area contributed by atoms with Crippen molar-refractivity contribution in [2.45, 2.75) is 12.6 Å². The van der Waals surface area contributed by atoms with Crippen molar-refractivity contribution in [2.75, 3.05) is 26.7 Å². The van der Waals surface area contributed by atoms with Crippen molar-refractivity contribution in [3.63, 3.8) is 0 Å². The van der Waals surface area contributed by atoms with Crippen molar-refractivity contribution in [2.24, 2.45) is 0 Å². The lowest BCUT2D eigenvalue weighted by molar-refractivity contribution is -0.385. The minimum absolute atomic E-state index is 0.153. The van der Waals surface area contributed by atoms with Crippen LogP contribution in [0, 0.1) is 10.1 Å². The molecule has 1 aliphatic rings. The van der Waals surface area contributed by atoms with Crippen LogP contribution in [0.5, 0.6) is 0 Å². The van der Waals surface area contributed by atoms with Gasteiger partial charge in [0, 0.05) is 13.1 Å². The maximum absolute atomic E-state index is 10.9. The van der Waals surface area contributed by atoms with Crippen molar-refractivity contribution < 1.29 is 19.6 Å². The van der Waals surface area contributed by atoms with E-state index in [-0.39, 0.29) is 6.10 Å².